The summed E-state index contributed by atoms with van der Waals surface area (Å²) in [6.45, 7) is 1.20. The minimum Gasteiger partial charge on any atom is -0.459 e. The third kappa shape index (κ3) is 4.07. The van der Waals surface area contributed by atoms with Crippen molar-refractivity contribution >= 4 is 18.4 Å². The summed E-state index contributed by atoms with van der Waals surface area (Å²) in [6, 6.07) is 19.9. The van der Waals surface area contributed by atoms with E-state index in [9.17, 15) is 4.79 Å². The molecule has 3 aromatic rings. The molecule has 0 N–H and O–H groups in total. The number of hydrogen-bond donors (Lipinski definition) is 0. The van der Waals surface area contributed by atoms with Gasteiger partial charge >= 0.3 is 5.97 Å². The Hall–Kier alpha value is -2.63. The van der Waals surface area contributed by atoms with Crippen molar-refractivity contribution in [3.8, 4) is 0 Å². The molecule has 1 aromatic heterocycles. The van der Waals surface area contributed by atoms with Crippen LogP contribution in [0.1, 0.15) is 23.4 Å². The van der Waals surface area contributed by atoms with Gasteiger partial charge in [0.15, 0.2) is 0 Å². The summed E-state index contributed by atoms with van der Waals surface area (Å²) in [5.41, 5.74) is 1.17. The summed E-state index contributed by atoms with van der Waals surface area (Å²) >= 11 is 0. The van der Waals surface area contributed by atoms with Gasteiger partial charge in [0.1, 0.15) is 17.3 Å². The zero-order valence-electron chi connectivity index (χ0n) is 16.4. The summed E-state index contributed by atoms with van der Waals surface area (Å²) < 4.78 is 13.1. The molecule has 6 heteroatoms. The molecule has 152 valence electrons. The highest BCUT2D eigenvalue weighted by atomic mass is 35.5. The van der Waals surface area contributed by atoms with E-state index in [1.54, 1.807) is 13.3 Å². The number of carbonyl (C=O) groups excluding carboxylic acids is 1. The maximum atomic E-state index is 13.2. The van der Waals surface area contributed by atoms with Gasteiger partial charge in [0, 0.05) is 32.3 Å². The van der Waals surface area contributed by atoms with Crippen LogP contribution in [0, 0.1) is 0 Å². The molecule has 0 bridgehead atoms. The van der Waals surface area contributed by atoms with Crippen LogP contribution in [0.3, 0.4) is 0 Å². The number of rotatable bonds is 7. The Bertz CT molecular complexity index is 888. The number of halogens is 1. The van der Waals surface area contributed by atoms with Crippen LogP contribution in [0.15, 0.2) is 73.1 Å². The molecule has 1 atom stereocenters. The highest BCUT2D eigenvalue weighted by molar-refractivity contribution is 5.89. The first-order valence-corrected chi connectivity index (χ1v) is 9.55. The van der Waals surface area contributed by atoms with Gasteiger partial charge < -0.3 is 14.0 Å². The average molecular weight is 413 g/mol. The fourth-order valence-corrected chi connectivity index (χ4v) is 4.05. The molecule has 0 amide bonds. The summed E-state index contributed by atoms with van der Waals surface area (Å²) in [5, 5.41) is 0. The lowest BCUT2D eigenvalue weighted by molar-refractivity contribution is -0.145. The molecule has 0 aliphatic carbocycles. The molecule has 0 spiro atoms. The predicted octanol–water partition coefficient (Wildman–Crippen LogP) is 3.80. The van der Waals surface area contributed by atoms with E-state index >= 15 is 0 Å². The van der Waals surface area contributed by atoms with Gasteiger partial charge in [-0.25, -0.2) is 4.98 Å². The molecule has 1 aliphatic heterocycles. The van der Waals surface area contributed by atoms with Crippen LogP contribution in [0.5, 0.6) is 0 Å². The lowest BCUT2D eigenvalue weighted by atomic mass is 9.72. The Kier molecular flexibility index (Phi) is 6.72. The SMILES string of the molecule is COCCc1nccn1CC1CC(c2ccccc2)(c2ccccc2)C(=O)O1.Cl. The van der Waals surface area contributed by atoms with Gasteiger partial charge in [-0.15, -0.1) is 12.4 Å². The third-order valence-corrected chi connectivity index (χ3v) is 5.42. The van der Waals surface area contributed by atoms with Crippen molar-refractivity contribution in [2.45, 2.75) is 30.9 Å². The molecule has 5 nitrogen and oxygen atoms in total. The number of aromatic nitrogens is 2. The minimum absolute atomic E-state index is 0. The van der Waals surface area contributed by atoms with E-state index in [2.05, 4.69) is 9.55 Å². The van der Waals surface area contributed by atoms with E-state index < -0.39 is 5.41 Å². The van der Waals surface area contributed by atoms with Crippen molar-refractivity contribution in [3.05, 3.63) is 90.0 Å². The summed E-state index contributed by atoms with van der Waals surface area (Å²) in [4.78, 5) is 17.6. The number of ether oxygens (including phenoxy) is 2. The largest absolute Gasteiger partial charge is 0.459 e. The fraction of sp³-hybridized carbons (Fsp3) is 0.304. The predicted molar refractivity (Wildman–Crippen MR) is 113 cm³/mol. The van der Waals surface area contributed by atoms with Crippen molar-refractivity contribution in [3.63, 3.8) is 0 Å². The van der Waals surface area contributed by atoms with E-state index in [-0.39, 0.29) is 24.5 Å². The second-order valence-electron chi connectivity index (χ2n) is 7.11. The molecule has 29 heavy (non-hydrogen) atoms. The van der Waals surface area contributed by atoms with Gasteiger partial charge in [0.2, 0.25) is 0 Å². The van der Waals surface area contributed by atoms with Crippen molar-refractivity contribution in [2.75, 3.05) is 13.7 Å². The first-order chi connectivity index (χ1) is 13.7. The number of cyclic esters (lactones) is 1. The van der Waals surface area contributed by atoms with Crippen molar-refractivity contribution in [1.29, 1.82) is 0 Å². The normalized spacial score (nSPS) is 17.6. The summed E-state index contributed by atoms with van der Waals surface area (Å²) in [6.07, 6.45) is 4.82. The highest BCUT2D eigenvalue weighted by Gasteiger charge is 2.51. The summed E-state index contributed by atoms with van der Waals surface area (Å²) in [5.74, 6) is 0.753. The van der Waals surface area contributed by atoms with Crippen LogP contribution in [-0.2, 0) is 32.6 Å². The van der Waals surface area contributed by atoms with Gasteiger partial charge in [0.25, 0.3) is 0 Å². The lowest BCUT2D eigenvalue weighted by Gasteiger charge is -2.26. The molecule has 1 aliphatic rings. The number of imidazole rings is 1. The molecule has 2 heterocycles. The zero-order chi connectivity index (χ0) is 19.4. The van der Waals surface area contributed by atoms with E-state index in [1.807, 2.05) is 66.9 Å². The average Bonchev–Trinajstić information content (AvgIpc) is 3.32. The maximum absolute atomic E-state index is 13.2. The first kappa shape index (κ1) is 21.1. The molecule has 0 radical (unpaired) electrons. The van der Waals surface area contributed by atoms with Gasteiger partial charge in [-0.05, 0) is 11.1 Å². The van der Waals surface area contributed by atoms with Crippen LogP contribution in [-0.4, -0.2) is 35.3 Å². The number of esters is 1. The Balaban J connectivity index is 0.00000240. The van der Waals surface area contributed by atoms with E-state index in [0.717, 1.165) is 23.4 Å². The molecule has 4 rings (SSSR count). The van der Waals surface area contributed by atoms with Crippen LogP contribution < -0.4 is 0 Å². The standard InChI is InChI=1S/C23H24N2O3.ClH/c1-27-15-12-21-24-13-14-25(21)17-20-16-23(22(26)28-20,18-8-4-2-5-9-18)19-10-6-3-7-11-19;/h2-11,13-14,20H,12,15-17H2,1H3;1H. The first-order valence-electron chi connectivity index (χ1n) is 9.55. The fourth-order valence-electron chi connectivity index (χ4n) is 4.05. The molecular formula is C23H25ClN2O3. The van der Waals surface area contributed by atoms with Gasteiger partial charge in [-0.3, -0.25) is 4.79 Å². The quantitative estimate of drug-likeness (QED) is 0.554. The second kappa shape index (κ2) is 9.25. The van der Waals surface area contributed by atoms with Gasteiger partial charge in [-0.1, -0.05) is 60.7 Å². The Morgan fingerprint density at radius 1 is 1.10 bits per heavy atom. The van der Waals surface area contributed by atoms with Crippen molar-refractivity contribution in [2.24, 2.45) is 0 Å². The van der Waals surface area contributed by atoms with Crippen LogP contribution in [0.2, 0.25) is 0 Å². The van der Waals surface area contributed by atoms with Crippen LogP contribution in [0.4, 0.5) is 0 Å². The van der Waals surface area contributed by atoms with Gasteiger partial charge in [0.05, 0.1) is 13.2 Å². The van der Waals surface area contributed by atoms with Crippen LogP contribution >= 0.6 is 12.4 Å². The van der Waals surface area contributed by atoms with Crippen molar-refractivity contribution in [1.82, 2.24) is 9.55 Å². The van der Waals surface area contributed by atoms with Crippen LogP contribution in [0.25, 0.3) is 0 Å². The zero-order valence-corrected chi connectivity index (χ0v) is 17.2. The lowest BCUT2D eigenvalue weighted by Crippen LogP contribution is -2.33. The molecule has 1 saturated heterocycles. The van der Waals surface area contributed by atoms with E-state index in [1.165, 1.54) is 0 Å². The topological polar surface area (TPSA) is 53.4 Å². The molecule has 1 fully saturated rings. The molecular weight excluding hydrogens is 388 g/mol. The minimum atomic E-state index is -0.777. The smallest absolute Gasteiger partial charge is 0.321 e. The number of nitrogens with zero attached hydrogens (tertiary/aromatic N) is 2. The van der Waals surface area contributed by atoms with E-state index in [4.69, 9.17) is 9.47 Å². The maximum Gasteiger partial charge on any atom is 0.321 e. The molecule has 1 unspecified atom stereocenters. The molecule has 0 saturated carbocycles. The number of benzene rings is 2. The Labute approximate surface area is 177 Å². The van der Waals surface area contributed by atoms with Gasteiger partial charge in [-0.2, -0.15) is 0 Å². The van der Waals surface area contributed by atoms with E-state index in [0.29, 0.717) is 19.6 Å². The number of carbonyl (C=O) groups is 1. The second-order valence-corrected chi connectivity index (χ2v) is 7.11. The highest BCUT2D eigenvalue weighted by Crippen LogP contribution is 2.43. The third-order valence-electron chi connectivity index (χ3n) is 5.42. The number of hydrogen-bond acceptors (Lipinski definition) is 4. The van der Waals surface area contributed by atoms with Crippen molar-refractivity contribution < 1.29 is 14.3 Å². The Morgan fingerprint density at radius 3 is 2.31 bits per heavy atom. The molecule has 2 aromatic carbocycles. The Morgan fingerprint density at radius 2 is 1.72 bits per heavy atom. The summed E-state index contributed by atoms with van der Waals surface area (Å²) in [7, 11) is 1.68. The monoisotopic (exact) mass is 412 g/mol. The number of methoxy groups -OCH3 is 1.